The van der Waals surface area contributed by atoms with E-state index in [1.54, 1.807) is 0 Å². The third-order valence-corrected chi connectivity index (χ3v) is 6.97. The van der Waals surface area contributed by atoms with Crippen molar-refractivity contribution in [1.29, 1.82) is 5.26 Å². The average molecular weight is 455 g/mol. The van der Waals surface area contributed by atoms with E-state index in [4.69, 9.17) is 14.5 Å². The highest BCUT2D eigenvalue weighted by molar-refractivity contribution is 5.69. The molecule has 1 aromatic rings. The van der Waals surface area contributed by atoms with Crippen LogP contribution in [0.4, 0.5) is 10.6 Å². The maximum Gasteiger partial charge on any atom is 0.410 e. The molecule has 3 heterocycles. The number of fused-ring (bicyclic) bond motifs is 1. The summed E-state index contributed by atoms with van der Waals surface area (Å²) in [6.45, 7) is 15.3. The van der Waals surface area contributed by atoms with Gasteiger partial charge in [0, 0.05) is 37.5 Å². The van der Waals surface area contributed by atoms with Crippen LogP contribution in [0.1, 0.15) is 82.7 Å². The molecule has 0 radical (unpaired) electrons. The first-order chi connectivity index (χ1) is 15.6. The van der Waals surface area contributed by atoms with E-state index in [1.165, 1.54) is 0 Å². The van der Waals surface area contributed by atoms with E-state index in [-0.39, 0.29) is 23.7 Å². The number of hydrogen-bond acceptors (Lipinski definition) is 6. The Kier molecular flexibility index (Phi) is 6.59. The van der Waals surface area contributed by atoms with Gasteiger partial charge in [-0.05, 0) is 44.1 Å². The van der Waals surface area contributed by atoms with Crippen molar-refractivity contribution in [1.82, 2.24) is 9.88 Å². The quantitative estimate of drug-likeness (QED) is 0.646. The summed E-state index contributed by atoms with van der Waals surface area (Å²) in [5.74, 6) is 1.83. The van der Waals surface area contributed by atoms with E-state index >= 15 is 0 Å². The topological polar surface area (TPSA) is 78.7 Å². The highest BCUT2D eigenvalue weighted by atomic mass is 16.6. The number of carbonyl (C=O) groups excluding carboxylic acids is 1. The van der Waals surface area contributed by atoms with Crippen LogP contribution in [-0.4, -0.2) is 53.9 Å². The van der Waals surface area contributed by atoms with Gasteiger partial charge in [-0.1, -0.05) is 27.7 Å². The molecule has 2 fully saturated rings. The van der Waals surface area contributed by atoms with Crippen LogP contribution < -0.4 is 4.90 Å². The molecule has 180 valence electrons. The molecule has 1 unspecified atom stereocenters. The summed E-state index contributed by atoms with van der Waals surface area (Å²) in [6, 6.07) is 2.50. The number of ether oxygens (including phenoxy) is 2. The normalized spacial score (nSPS) is 22.3. The molecule has 3 aliphatic rings. The molecule has 7 heteroatoms. The minimum Gasteiger partial charge on any atom is -0.449 e. The molecule has 1 amide bonds. The first kappa shape index (κ1) is 23.8. The Morgan fingerprint density at radius 1 is 1.24 bits per heavy atom. The van der Waals surface area contributed by atoms with Crippen LogP contribution in [0.5, 0.6) is 0 Å². The number of piperazine rings is 1. The monoisotopic (exact) mass is 454 g/mol. The Morgan fingerprint density at radius 3 is 2.58 bits per heavy atom. The van der Waals surface area contributed by atoms with E-state index in [0.717, 1.165) is 41.9 Å². The second-order valence-electron chi connectivity index (χ2n) is 11.2. The first-order valence-corrected chi connectivity index (χ1v) is 12.4. The van der Waals surface area contributed by atoms with Crippen LogP contribution >= 0.6 is 0 Å². The molecule has 1 saturated heterocycles. The van der Waals surface area contributed by atoms with Crippen LogP contribution in [0.25, 0.3) is 0 Å². The van der Waals surface area contributed by atoms with Crippen molar-refractivity contribution in [2.24, 2.45) is 11.8 Å². The number of carbonyl (C=O) groups is 1. The van der Waals surface area contributed by atoms with E-state index < -0.39 is 0 Å². The minimum absolute atomic E-state index is 0.00642. The molecule has 1 saturated carbocycles. The van der Waals surface area contributed by atoms with Gasteiger partial charge in [0.2, 0.25) is 0 Å². The summed E-state index contributed by atoms with van der Waals surface area (Å²) in [5, 5.41) is 10.2. The number of pyridine rings is 1. The van der Waals surface area contributed by atoms with Crippen LogP contribution in [0.2, 0.25) is 0 Å². The Morgan fingerprint density at radius 2 is 1.97 bits per heavy atom. The number of amides is 1. The molecule has 33 heavy (non-hydrogen) atoms. The molecule has 0 aromatic carbocycles. The van der Waals surface area contributed by atoms with Gasteiger partial charge in [0.05, 0.1) is 36.1 Å². The van der Waals surface area contributed by atoms with Crippen molar-refractivity contribution in [2.75, 3.05) is 31.1 Å². The van der Waals surface area contributed by atoms with Crippen molar-refractivity contribution in [3.8, 4) is 6.07 Å². The smallest absolute Gasteiger partial charge is 0.410 e. The first-order valence-electron chi connectivity index (χ1n) is 12.4. The van der Waals surface area contributed by atoms with Crippen molar-refractivity contribution in [3.63, 3.8) is 0 Å². The van der Waals surface area contributed by atoms with Crippen LogP contribution in [0.15, 0.2) is 0 Å². The fourth-order valence-electron chi connectivity index (χ4n) is 4.94. The molecule has 0 bridgehead atoms. The fourth-order valence-corrected chi connectivity index (χ4v) is 4.94. The lowest BCUT2D eigenvalue weighted by atomic mass is 9.87. The molecular formula is C26H38N4O3. The van der Waals surface area contributed by atoms with Gasteiger partial charge in [0.15, 0.2) is 0 Å². The van der Waals surface area contributed by atoms with E-state index in [9.17, 15) is 10.1 Å². The molecular weight excluding hydrogens is 416 g/mol. The zero-order valence-electron chi connectivity index (χ0n) is 21.0. The molecule has 2 aliphatic heterocycles. The molecule has 0 spiro atoms. The van der Waals surface area contributed by atoms with Gasteiger partial charge >= 0.3 is 6.09 Å². The molecule has 1 aromatic heterocycles. The summed E-state index contributed by atoms with van der Waals surface area (Å²) in [7, 11) is 0. The third-order valence-electron chi connectivity index (χ3n) is 6.97. The lowest BCUT2D eigenvalue weighted by Gasteiger charge is -2.44. The summed E-state index contributed by atoms with van der Waals surface area (Å²) in [4.78, 5) is 22.0. The zero-order chi connectivity index (χ0) is 23.9. The van der Waals surface area contributed by atoms with Crippen molar-refractivity contribution < 1.29 is 14.3 Å². The minimum atomic E-state index is -0.294. The number of nitrogens with zero attached hydrogens (tertiary/aromatic N) is 4. The lowest BCUT2D eigenvalue weighted by Crippen LogP contribution is -2.57. The predicted molar refractivity (Wildman–Crippen MR) is 127 cm³/mol. The predicted octanol–water partition coefficient (Wildman–Crippen LogP) is 4.62. The maximum absolute atomic E-state index is 12.8. The second-order valence-corrected chi connectivity index (χ2v) is 11.2. The second kappa shape index (κ2) is 9.13. The van der Waals surface area contributed by atoms with Crippen molar-refractivity contribution in [2.45, 2.75) is 85.0 Å². The Bertz CT molecular complexity index is 946. The lowest BCUT2D eigenvalue weighted by molar-refractivity contribution is -0.0407. The highest BCUT2D eigenvalue weighted by Crippen LogP contribution is 2.46. The van der Waals surface area contributed by atoms with Gasteiger partial charge in [-0.3, -0.25) is 0 Å². The number of rotatable bonds is 5. The molecule has 7 nitrogen and oxygen atoms in total. The van der Waals surface area contributed by atoms with Crippen molar-refractivity contribution >= 4 is 11.9 Å². The van der Waals surface area contributed by atoms with Crippen molar-refractivity contribution in [3.05, 3.63) is 22.4 Å². The Balaban J connectivity index is 1.66. The summed E-state index contributed by atoms with van der Waals surface area (Å²) >= 11 is 0. The SMILES string of the molecule is CC(C)COC(=O)N1CCN(c2nc(C3CC3)c3c(c2C#N)CC(C)(C)OC3)CC1C(C)C. The summed E-state index contributed by atoms with van der Waals surface area (Å²) in [5.41, 5.74) is 3.75. The summed E-state index contributed by atoms with van der Waals surface area (Å²) in [6.07, 6.45) is 2.78. The standard InChI is InChI=1S/C26H38N4O3/c1-16(2)14-32-25(31)30-10-9-29(13-22(30)17(3)4)24-20(12-27)19-11-26(5,6)33-15-21(19)23(28-24)18-7-8-18/h16-18,22H,7-11,13-15H2,1-6H3. The van der Waals surface area contributed by atoms with Gasteiger partial charge < -0.3 is 19.3 Å². The number of hydrogen-bond donors (Lipinski definition) is 0. The molecule has 0 N–H and O–H groups in total. The maximum atomic E-state index is 12.8. The third kappa shape index (κ3) is 4.96. The fraction of sp³-hybridized carbons (Fsp3) is 0.731. The Labute approximate surface area is 198 Å². The average Bonchev–Trinajstić information content (AvgIpc) is 3.60. The Hall–Kier alpha value is -2.33. The van der Waals surface area contributed by atoms with E-state index in [1.807, 2.05) is 18.7 Å². The molecule has 1 aliphatic carbocycles. The van der Waals surface area contributed by atoms with Gasteiger partial charge in [-0.25, -0.2) is 9.78 Å². The van der Waals surface area contributed by atoms with Gasteiger partial charge in [0.1, 0.15) is 11.9 Å². The molecule has 1 atom stereocenters. The van der Waals surface area contributed by atoms with Crippen LogP contribution in [-0.2, 0) is 22.5 Å². The van der Waals surface area contributed by atoms with Crippen LogP contribution in [0.3, 0.4) is 0 Å². The van der Waals surface area contributed by atoms with Gasteiger partial charge in [-0.2, -0.15) is 5.26 Å². The zero-order valence-corrected chi connectivity index (χ0v) is 21.0. The van der Waals surface area contributed by atoms with Gasteiger partial charge in [-0.15, -0.1) is 0 Å². The molecule has 4 rings (SSSR count). The van der Waals surface area contributed by atoms with Crippen LogP contribution in [0, 0.1) is 23.2 Å². The summed E-state index contributed by atoms with van der Waals surface area (Å²) < 4.78 is 11.7. The number of nitriles is 1. The number of anilines is 1. The van der Waals surface area contributed by atoms with E-state index in [2.05, 4.69) is 38.7 Å². The number of aromatic nitrogens is 1. The highest BCUT2D eigenvalue weighted by Gasteiger charge is 2.39. The van der Waals surface area contributed by atoms with Gasteiger partial charge in [0.25, 0.3) is 0 Å². The largest absolute Gasteiger partial charge is 0.449 e. The van der Waals surface area contributed by atoms with E-state index in [0.29, 0.717) is 50.2 Å².